The Labute approximate surface area is 165 Å². The zero-order valence-corrected chi connectivity index (χ0v) is 16.6. The van der Waals surface area contributed by atoms with Gasteiger partial charge in [-0.15, -0.1) is 0 Å². The van der Waals surface area contributed by atoms with Crippen LogP contribution < -0.4 is 5.32 Å². The van der Waals surface area contributed by atoms with Crippen molar-refractivity contribution in [1.82, 2.24) is 10.2 Å². The van der Waals surface area contributed by atoms with E-state index in [-0.39, 0.29) is 11.8 Å². The van der Waals surface area contributed by atoms with E-state index in [0.717, 1.165) is 30.0 Å². The van der Waals surface area contributed by atoms with Gasteiger partial charge in [0.15, 0.2) is 0 Å². The minimum Gasteiger partial charge on any atom is -0.351 e. The van der Waals surface area contributed by atoms with E-state index >= 15 is 0 Å². The van der Waals surface area contributed by atoms with E-state index < -0.39 is 0 Å². The predicted octanol–water partition coefficient (Wildman–Crippen LogP) is 3.78. The highest BCUT2D eigenvalue weighted by molar-refractivity contribution is 7.98. The molecular weight excluding hydrogens is 356 g/mol. The fraction of sp³-hybridized carbons (Fsp3) is 0.364. The largest absolute Gasteiger partial charge is 0.351 e. The van der Waals surface area contributed by atoms with Crippen LogP contribution in [0.4, 0.5) is 0 Å². The molecule has 2 aromatic carbocycles. The monoisotopic (exact) mass is 382 g/mol. The number of nitrogens with zero attached hydrogens (tertiary/aromatic N) is 1. The van der Waals surface area contributed by atoms with Crippen LogP contribution in [-0.2, 0) is 17.1 Å². The van der Waals surface area contributed by atoms with Crippen molar-refractivity contribution in [2.24, 2.45) is 0 Å². The van der Waals surface area contributed by atoms with Gasteiger partial charge in [-0.1, -0.05) is 42.0 Å². The highest BCUT2D eigenvalue weighted by Crippen LogP contribution is 2.15. The van der Waals surface area contributed by atoms with Gasteiger partial charge in [-0.25, -0.2) is 0 Å². The first-order chi connectivity index (χ1) is 13.1. The molecular formula is C22H26N2O2S. The zero-order chi connectivity index (χ0) is 19.1. The number of thioether (sulfide) groups is 1. The average Bonchev–Trinajstić information content (AvgIpc) is 3.06. The Morgan fingerprint density at radius 1 is 1.15 bits per heavy atom. The third kappa shape index (κ3) is 5.86. The Bertz CT molecular complexity index is 789. The number of benzene rings is 2. The van der Waals surface area contributed by atoms with E-state index in [9.17, 15) is 9.59 Å². The number of hydrogen-bond donors (Lipinski definition) is 1. The molecule has 1 aliphatic rings. The van der Waals surface area contributed by atoms with Crippen molar-refractivity contribution < 1.29 is 9.59 Å². The number of carbonyl (C=O) groups excluding carboxylic acids is 2. The third-order valence-corrected chi connectivity index (χ3v) is 5.67. The first-order valence-electron chi connectivity index (χ1n) is 9.40. The van der Waals surface area contributed by atoms with Crippen LogP contribution in [0.1, 0.15) is 39.9 Å². The minimum atomic E-state index is -0.0463. The molecule has 1 heterocycles. The van der Waals surface area contributed by atoms with Gasteiger partial charge < -0.3 is 10.2 Å². The second-order valence-electron chi connectivity index (χ2n) is 6.91. The number of hydrogen-bond acceptors (Lipinski definition) is 3. The number of aryl methyl sites for hydroxylation is 1. The number of amides is 2. The molecule has 0 aromatic heterocycles. The highest BCUT2D eigenvalue weighted by Gasteiger charge is 2.19. The van der Waals surface area contributed by atoms with Crippen molar-refractivity contribution in [2.45, 2.75) is 32.1 Å². The molecule has 0 unspecified atom stereocenters. The third-order valence-electron chi connectivity index (χ3n) is 4.64. The molecule has 3 rings (SSSR count). The van der Waals surface area contributed by atoms with Crippen molar-refractivity contribution >= 4 is 23.6 Å². The van der Waals surface area contributed by atoms with Crippen LogP contribution in [0, 0.1) is 6.92 Å². The lowest BCUT2D eigenvalue weighted by atomic mass is 10.1. The molecule has 27 heavy (non-hydrogen) atoms. The summed E-state index contributed by atoms with van der Waals surface area (Å²) < 4.78 is 0. The smallest absolute Gasteiger partial charge is 0.251 e. The van der Waals surface area contributed by atoms with Gasteiger partial charge in [0, 0.05) is 43.1 Å². The van der Waals surface area contributed by atoms with Crippen LogP contribution in [0.25, 0.3) is 0 Å². The maximum absolute atomic E-state index is 12.2. The highest BCUT2D eigenvalue weighted by atomic mass is 32.2. The van der Waals surface area contributed by atoms with Crippen LogP contribution >= 0.6 is 11.8 Å². The second kappa shape index (κ2) is 9.60. The summed E-state index contributed by atoms with van der Waals surface area (Å²) in [7, 11) is 0. The van der Waals surface area contributed by atoms with Crippen LogP contribution in [0.15, 0.2) is 48.5 Å². The number of likely N-dealkylation sites (tertiary alicyclic amines) is 1. The average molecular weight is 383 g/mol. The Balaban J connectivity index is 1.38. The molecule has 0 saturated carbocycles. The standard InChI is InChI=1S/C22H26N2O2S/c1-17-4-2-5-19(14-17)16-27-13-11-23-22(26)20-9-7-18(8-10-20)15-24-12-3-6-21(24)25/h2,4-5,7-10,14H,3,6,11-13,15-16H2,1H3,(H,23,26). The lowest BCUT2D eigenvalue weighted by Crippen LogP contribution is -2.26. The lowest BCUT2D eigenvalue weighted by Gasteiger charge is -2.15. The van der Waals surface area contributed by atoms with Gasteiger partial charge in [0.05, 0.1) is 0 Å². The van der Waals surface area contributed by atoms with Gasteiger partial charge >= 0.3 is 0 Å². The molecule has 0 radical (unpaired) electrons. The quantitative estimate of drug-likeness (QED) is 0.707. The molecule has 1 fully saturated rings. The SMILES string of the molecule is Cc1cccc(CSCCNC(=O)c2ccc(CN3CCCC3=O)cc2)c1. The second-order valence-corrected chi connectivity index (χ2v) is 8.02. The molecule has 1 aliphatic heterocycles. The van der Waals surface area contributed by atoms with E-state index in [1.54, 1.807) is 0 Å². The fourth-order valence-corrected chi connectivity index (χ4v) is 3.99. The molecule has 2 amide bonds. The molecule has 2 aromatic rings. The fourth-order valence-electron chi connectivity index (χ4n) is 3.18. The zero-order valence-electron chi connectivity index (χ0n) is 15.7. The number of carbonyl (C=O) groups is 2. The lowest BCUT2D eigenvalue weighted by molar-refractivity contribution is -0.128. The molecule has 142 valence electrons. The van der Waals surface area contributed by atoms with Gasteiger partial charge in [0.1, 0.15) is 0 Å². The van der Waals surface area contributed by atoms with Crippen LogP contribution in [0.2, 0.25) is 0 Å². The van der Waals surface area contributed by atoms with Crippen molar-refractivity contribution in [3.05, 3.63) is 70.8 Å². The molecule has 1 N–H and O–H groups in total. The molecule has 0 spiro atoms. The van der Waals surface area contributed by atoms with Crippen LogP contribution in [-0.4, -0.2) is 35.6 Å². The van der Waals surface area contributed by atoms with Gasteiger partial charge in [0.25, 0.3) is 5.91 Å². The Hall–Kier alpha value is -2.27. The van der Waals surface area contributed by atoms with Crippen molar-refractivity contribution in [1.29, 1.82) is 0 Å². The normalized spacial score (nSPS) is 13.8. The summed E-state index contributed by atoms with van der Waals surface area (Å²) >= 11 is 1.82. The Kier molecular flexibility index (Phi) is 6.93. The van der Waals surface area contributed by atoms with Gasteiger partial charge in [0.2, 0.25) is 5.91 Å². The Morgan fingerprint density at radius 3 is 2.67 bits per heavy atom. The summed E-state index contributed by atoms with van der Waals surface area (Å²) in [6, 6.07) is 16.1. The molecule has 4 nitrogen and oxygen atoms in total. The molecule has 0 atom stereocenters. The predicted molar refractivity (Wildman–Crippen MR) is 111 cm³/mol. The summed E-state index contributed by atoms with van der Waals surface area (Å²) in [5, 5.41) is 2.97. The maximum atomic E-state index is 12.2. The minimum absolute atomic E-state index is 0.0463. The molecule has 0 bridgehead atoms. The van der Waals surface area contributed by atoms with Gasteiger partial charge in [-0.2, -0.15) is 11.8 Å². The maximum Gasteiger partial charge on any atom is 0.251 e. The van der Waals surface area contributed by atoms with Crippen LogP contribution in [0.5, 0.6) is 0 Å². The van der Waals surface area contributed by atoms with Crippen molar-refractivity contribution in [3.63, 3.8) is 0 Å². The Morgan fingerprint density at radius 2 is 1.96 bits per heavy atom. The first-order valence-corrected chi connectivity index (χ1v) is 10.6. The summed E-state index contributed by atoms with van der Waals surface area (Å²) in [4.78, 5) is 25.8. The van der Waals surface area contributed by atoms with E-state index in [1.165, 1.54) is 11.1 Å². The summed E-state index contributed by atoms with van der Waals surface area (Å²) in [5.74, 6) is 2.02. The van der Waals surface area contributed by atoms with E-state index in [0.29, 0.717) is 25.1 Å². The molecule has 5 heteroatoms. The van der Waals surface area contributed by atoms with Crippen LogP contribution in [0.3, 0.4) is 0 Å². The van der Waals surface area contributed by atoms with E-state index in [1.807, 2.05) is 40.9 Å². The van der Waals surface area contributed by atoms with E-state index in [4.69, 9.17) is 0 Å². The summed E-state index contributed by atoms with van der Waals surface area (Å²) in [6.45, 7) is 4.22. The summed E-state index contributed by atoms with van der Waals surface area (Å²) in [5.41, 5.74) is 4.32. The number of nitrogens with one attached hydrogen (secondary N) is 1. The topological polar surface area (TPSA) is 49.4 Å². The molecule has 0 aliphatic carbocycles. The van der Waals surface area contributed by atoms with Crippen molar-refractivity contribution in [3.8, 4) is 0 Å². The summed E-state index contributed by atoms with van der Waals surface area (Å²) in [6.07, 6.45) is 1.60. The van der Waals surface area contributed by atoms with Gasteiger partial charge in [-0.3, -0.25) is 9.59 Å². The molecule has 1 saturated heterocycles. The van der Waals surface area contributed by atoms with Crippen molar-refractivity contribution in [2.75, 3.05) is 18.8 Å². The number of rotatable bonds is 8. The van der Waals surface area contributed by atoms with Gasteiger partial charge in [-0.05, 0) is 36.6 Å². The first kappa shape index (κ1) is 19.5. The van der Waals surface area contributed by atoms with E-state index in [2.05, 4.69) is 36.5 Å².